The van der Waals surface area contributed by atoms with Crippen molar-refractivity contribution in [2.75, 3.05) is 11.9 Å². The first kappa shape index (κ1) is 15.9. The second-order valence-electron chi connectivity index (χ2n) is 4.24. The van der Waals surface area contributed by atoms with E-state index >= 15 is 0 Å². The second-order valence-corrected chi connectivity index (χ2v) is 4.67. The number of anilines is 1. The van der Waals surface area contributed by atoms with Gasteiger partial charge >= 0.3 is 0 Å². The Labute approximate surface area is 130 Å². The number of hydrogen-bond acceptors (Lipinski definition) is 3. The fourth-order valence-electron chi connectivity index (χ4n) is 1.51. The van der Waals surface area contributed by atoms with Crippen LogP contribution in [0.1, 0.15) is 5.56 Å². The molecule has 0 bridgehead atoms. The summed E-state index contributed by atoms with van der Waals surface area (Å²) in [5.41, 5.74) is 0.889. The van der Waals surface area contributed by atoms with E-state index in [1.807, 2.05) is 0 Å². The molecule has 7 heteroatoms. The van der Waals surface area contributed by atoms with Crippen LogP contribution in [0.25, 0.3) is 0 Å². The Kier molecular flexibility index (Phi) is 5.43. The molecule has 0 atom stereocenters. The molecular formula is C15H11ClF2N2O2. The summed E-state index contributed by atoms with van der Waals surface area (Å²) in [5.74, 6) is -2.57. The number of benzene rings is 2. The van der Waals surface area contributed by atoms with E-state index in [0.717, 1.165) is 17.7 Å². The number of carbonyl (C=O) groups excluding carboxylic acids is 1. The highest BCUT2D eigenvalue weighted by atomic mass is 35.5. The summed E-state index contributed by atoms with van der Waals surface area (Å²) in [6.07, 6.45) is 1.42. The maximum atomic E-state index is 13.0. The zero-order valence-electron chi connectivity index (χ0n) is 11.2. The van der Waals surface area contributed by atoms with Crippen molar-refractivity contribution in [1.82, 2.24) is 0 Å². The van der Waals surface area contributed by atoms with Gasteiger partial charge in [-0.05, 0) is 29.8 Å². The third-order valence-corrected chi connectivity index (χ3v) is 2.80. The number of halogens is 3. The van der Waals surface area contributed by atoms with Crippen molar-refractivity contribution in [2.45, 2.75) is 0 Å². The molecule has 0 heterocycles. The first-order valence-electron chi connectivity index (χ1n) is 6.20. The molecule has 22 heavy (non-hydrogen) atoms. The summed E-state index contributed by atoms with van der Waals surface area (Å²) in [6.45, 7) is -0.358. The number of nitrogens with zero attached hydrogens (tertiary/aromatic N) is 1. The van der Waals surface area contributed by atoms with Crippen LogP contribution in [-0.4, -0.2) is 18.7 Å². The van der Waals surface area contributed by atoms with Crippen molar-refractivity contribution in [3.8, 4) is 0 Å². The molecule has 0 spiro atoms. The van der Waals surface area contributed by atoms with Gasteiger partial charge in [0.2, 0.25) is 0 Å². The Morgan fingerprint density at radius 2 is 1.91 bits per heavy atom. The molecule has 2 aromatic carbocycles. The maximum Gasteiger partial charge on any atom is 0.265 e. The smallest absolute Gasteiger partial charge is 0.265 e. The first-order chi connectivity index (χ1) is 10.5. The first-order valence-corrected chi connectivity index (χ1v) is 6.58. The molecule has 0 saturated heterocycles. The van der Waals surface area contributed by atoms with Crippen LogP contribution in [0.5, 0.6) is 0 Å². The minimum absolute atomic E-state index is 0.134. The molecular weight excluding hydrogens is 314 g/mol. The highest BCUT2D eigenvalue weighted by molar-refractivity contribution is 6.30. The molecule has 0 aliphatic rings. The Hall–Kier alpha value is -2.47. The average Bonchev–Trinajstić information content (AvgIpc) is 2.49. The van der Waals surface area contributed by atoms with Gasteiger partial charge in [-0.1, -0.05) is 28.9 Å². The Bertz CT molecular complexity index is 690. The van der Waals surface area contributed by atoms with Gasteiger partial charge < -0.3 is 10.2 Å². The third-order valence-electron chi connectivity index (χ3n) is 2.55. The summed E-state index contributed by atoms with van der Waals surface area (Å²) in [6, 6.07) is 9.90. The SMILES string of the molecule is O=C(CO/N=C\c1ccc(Cl)cc1)Nc1ccc(F)c(F)c1. The standard InChI is InChI=1S/C15H11ClF2N2O2/c16-11-3-1-10(2-4-11)8-19-22-9-15(21)20-12-5-6-13(17)14(18)7-12/h1-8H,9H2,(H,20,21)/b19-8-. The van der Waals surface area contributed by atoms with Crippen LogP contribution >= 0.6 is 11.6 Å². The molecule has 0 radical (unpaired) electrons. The molecule has 4 nitrogen and oxygen atoms in total. The van der Waals surface area contributed by atoms with E-state index < -0.39 is 17.5 Å². The minimum atomic E-state index is -1.04. The van der Waals surface area contributed by atoms with Crippen molar-refractivity contribution in [3.63, 3.8) is 0 Å². The maximum absolute atomic E-state index is 13.0. The Morgan fingerprint density at radius 3 is 2.59 bits per heavy atom. The minimum Gasteiger partial charge on any atom is -0.386 e. The van der Waals surface area contributed by atoms with Crippen LogP contribution in [-0.2, 0) is 9.63 Å². The van der Waals surface area contributed by atoms with Gasteiger partial charge in [0.25, 0.3) is 5.91 Å². The van der Waals surface area contributed by atoms with Crippen molar-refractivity contribution < 1.29 is 18.4 Å². The lowest BCUT2D eigenvalue weighted by atomic mass is 10.2. The molecule has 2 rings (SSSR count). The van der Waals surface area contributed by atoms with Crippen molar-refractivity contribution in [1.29, 1.82) is 0 Å². The largest absolute Gasteiger partial charge is 0.386 e. The van der Waals surface area contributed by atoms with E-state index in [1.165, 1.54) is 12.3 Å². The summed E-state index contributed by atoms with van der Waals surface area (Å²) in [4.78, 5) is 16.3. The molecule has 114 valence electrons. The molecule has 1 N–H and O–H groups in total. The van der Waals surface area contributed by atoms with Gasteiger partial charge in [-0.3, -0.25) is 4.79 Å². The van der Waals surface area contributed by atoms with Gasteiger partial charge in [-0.15, -0.1) is 0 Å². The number of carbonyl (C=O) groups is 1. The third kappa shape index (κ3) is 4.82. The quantitative estimate of drug-likeness (QED) is 0.674. The predicted molar refractivity (Wildman–Crippen MR) is 80.0 cm³/mol. The van der Waals surface area contributed by atoms with E-state index in [1.54, 1.807) is 24.3 Å². The zero-order chi connectivity index (χ0) is 15.9. The van der Waals surface area contributed by atoms with Crippen molar-refractivity contribution in [3.05, 3.63) is 64.7 Å². The average molecular weight is 325 g/mol. The molecule has 2 aromatic rings. The molecule has 0 aliphatic carbocycles. The monoisotopic (exact) mass is 324 g/mol. The van der Waals surface area contributed by atoms with Gasteiger partial charge in [0.15, 0.2) is 18.2 Å². The van der Waals surface area contributed by atoms with Gasteiger partial charge in [-0.2, -0.15) is 0 Å². The van der Waals surface area contributed by atoms with E-state index in [0.29, 0.717) is 5.02 Å². The zero-order valence-corrected chi connectivity index (χ0v) is 12.0. The lowest BCUT2D eigenvalue weighted by molar-refractivity contribution is -0.120. The van der Waals surface area contributed by atoms with Gasteiger partial charge in [0.1, 0.15) is 0 Å². The molecule has 0 aromatic heterocycles. The fraction of sp³-hybridized carbons (Fsp3) is 0.0667. The summed E-state index contributed by atoms with van der Waals surface area (Å²) in [5, 5.41) is 6.58. The van der Waals surface area contributed by atoms with E-state index in [4.69, 9.17) is 16.4 Å². The van der Waals surface area contributed by atoms with Gasteiger partial charge in [-0.25, -0.2) is 8.78 Å². The second kappa shape index (κ2) is 7.51. The molecule has 0 saturated carbocycles. The van der Waals surface area contributed by atoms with Crippen LogP contribution in [0.2, 0.25) is 5.02 Å². The van der Waals surface area contributed by atoms with Gasteiger partial charge in [0.05, 0.1) is 6.21 Å². The topological polar surface area (TPSA) is 50.7 Å². The Morgan fingerprint density at radius 1 is 1.18 bits per heavy atom. The van der Waals surface area contributed by atoms with Crippen LogP contribution in [0.15, 0.2) is 47.6 Å². The summed E-state index contributed by atoms with van der Waals surface area (Å²) in [7, 11) is 0. The van der Waals surface area contributed by atoms with Crippen LogP contribution < -0.4 is 5.32 Å². The summed E-state index contributed by atoms with van der Waals surface area (Å²) < 4.78 is 25.7. The lowest BCUT2D eigenvalue weighted by Gasteiger charge is -2.04. The predicted octanol–water partition coefficient (Wildman–Crippen LogP) is 3.61. The molecule has 1 amide bonds. The number of hydrogen-bond donors (Lipinski definition) is 1. The number of nitrogens with one attached hydrogen (secondary N) is 1. The molecule has 0 fully saturated rings. The number of rotatable bonds is 5. The number of amides is 1. The molecule has 0 aliphatic heterocycles. The van der Waals surface area contributed by atoms with Crippen molar-refractivity contribution >= 4 is 29.4 Å². The highest BCUT2D eigenvalue weighted by Crippen LogP contribution is 2.13. The van der Waals surface area contributed by atoms with E-state index in [9.17, 15) is 13.6 Å². The van der Waals surface area contributed by atoms with Crippen LogP contribution in [0.3, 0.4) is 0 Å². The Balaban J connectivity index is 1.80. The number of oxime groups is 1. The van der Waals surface area contributed by atoms with Gasteiger partial charge in [0, 0.05) is 16.8 Å². The van der Waals surface area contributed by atoms with Crippen LogP contribution in [0, 0.1) is 11.6 Å². The van der Waals surface area contributed by atoms with Crippen LogP contribution in [0.4, 0.5) is 14.5 Å². The highest BCUT2D eigenvalue weighted by Gasteiger charge is 2.06. The summed E-state index contributed by atoms with van der Waals surface area (Å²) >= 11 is 5.73. The fourth-order valence-corrected chi connectivity index (χ4v) is 1.64. The van der Waals surface area contributed by atoms with E-state index in [-0.39, 0.29) is 12.3 Å². The normalized spacial score (nSPS) is 10.7. The molecule has 0 unspecified atom stereocenters. The van der Waals surface area contributed by atoms with E-state index in [2.05, 4.69) is 10.5 Å². The lowest BCUT2D eigenvalue weighted by Crippen LogP contribution is -2.17. The van der Waals surface area contributed by atoms with Crippen molar-refractivity contribution in [2.24, 2.45) is 5.16 Å².